The van der Waals surface area contributed by atoms with Crippen molar-refractivity contribution in [1.29, 1.82) is 0 Å². The molecule has 0 bridgehead atoms. The second-order valence-corrected chi connectivity index (χ2v) is 11.0. The molecule has 0 saturated carbocycles. The molecule has 0 aliphatic heterocycles. The van der Waals surface area contributed by atoms with Gasteiger partial charge in [-0.25, -0.2) is 0 Å². The molecular formula is C40H62O4. The maximum atomic E-state index is 12.4. The Morgan fingerprint density at radius 1 is 0.568 bits per heavy atom. The quantitative estimate of drug-likeness (QED) is 0.0398. The number of carbonyl (C=O) groups excluding carboxylic acids is 1. The molecule has 0 aliphatic carbocycles. The van der Waals surface area contributed by atoms with Crippen molar-refractivity contribution in [3.05, 3.63) is 97.2 Å². The molecular weight excluding hydrogens is 544 g/mol. The molecule has 0 aromatic rings. The Balaban J connectivity index is 4.09. The van der Waals surface area contributed by atoms with Gasteiger partial charge in [0.25, 0.3) is 0 Å². The predicted octanol–water partition coefficient (Wildman–Crippen LogP) is 11.9. The largest absolute Gasteiger partial charge is 0.481 e. The lowest BCUT2D eigenvalue weighted by molar-refractivity contribution is -0.147. The van der Waals surface area contributed by atoms with E-state index in [2.05, 4.69) is 92.8 Å². The Morgan fingerprint density at radius 2 is 1.11 bits per heavy atom. The van der Waals surface area contributed by atoms with Crippen molar-refractivity contribution < 1.29 is 19.4 Å². The molecule has 1 N–H and O–H groups in total. The van der Waals surface area contributed by atoms with Crippen LogP contribution in [0.3, 0.4) is 0 Å². The molecule has 0 aromatic heterocycles. The molecule has 1 atom stereocenters. The van der Waals surface area contributed by atoms with Crippen molar-refractivity contribution in [2.45, 2.75) is 142 Å². The number of rotatable bonds is 29. The molecule has 0 aromatic carbocycles. The standard InChI is InChI=1S/C40H62O4/c1-3-5-7-8-9-10-11-12-13-14-15-16-17-18-19-23-26-29-33-37-40(43)44-38(34-30-6-4-2)35-31-27-24-21-20-22-25-28-32-36-39(41)42/h5,7,9-10,12-13,15-16,18-19,24,26-27,29,31,35,38H,3-4,6,8,11,14,17,20-23,25,28,30,32-34,36-37H2,1-2H3,(H,41,42)/b7-5-,10-9-,13-12-,16-15-,19-18-,27-24-,29-26-,35-31+. The number of esters is 1. The molecule has 0 fully saturated rings. The highest BCUT2D eigenvalue weighted by atomic mass is 16.5. The highest BCUT2D eigenvalue weighted by Crippen LogP contribution is 2.11. The van der Waals surface area contributed by atoms with Gasteiger partial charge in [-0.3, -0.25) is 9.59 Å². The van der Waals surface area contributed by atoms with E-state index in [-0.39, 0.29) is 18.5 Å². The summed E-state index contributed by atoms with van der Waals surface area (Å²) < 4.78 is 5.77. The first-order chi connectivity index (χ1) is 21.6. The van der Waals surface area contributed by atoms with E-state index < -0.39 is 5.97 Å². The average Bonchev–Trinajstić information content (AvgIpc) is 3.00. The molecule has 0 aliphatic rings. The van der Waals surface area contributed by atoms with Crippen LogP contribution in [0.25, 0.3) is 0 Å². The summed E-state index contributed by atoms with van der Waals surface area (Å²) >= 11 is 0. The van der Waals surface area contributed by atoms with Gasteiger partial charge in [0, 0.05) is 12.8 Å². The molecule has 0 heterocycles. The van der Waals surface area contributed by atoms with Crippen LogP contribution in [0.1, 0.15) is 136 Å². The highest BCUT2D eigenvalue weighted by molar-refractivity contribution is 5.69. The van der Waals surface area contributed by atoms with E-state index in [0.717, 1.165) is 103 Å². The maximum Gasteiger partial charge on any atom is 0.306 e. The molecule has 246 valence electrons. The van der Waals surface area contributed by atoms with E-state index in [9.17, 15) is 9.59 Å². The van der Waals surface area contributed by atoms with E-state index in [1.807, 2.05) is 18.2 Å². The van der Waals surface area contributed by atoms with Gasteiger partial charge >= 0.3 is 11.9 Å². The predicted molar refractivity (Wildman–Crippen MR) is 190 cm³/mol. The van der Waals surface area contributed by atoms with Crippen molar-refractivity contribution >= 4 is 11.9 Å². The number of carboxylic acids is 1. The summed E-state index contributed by atoms with van der Waals surface area (Å²) in [5.74, 6) is -0.842. The summed E-state index contributed by atoms with van der Waals surface area (Å²) in [5.41, 5.74) is 0. The Bertz CT molecular complexity index is 914. The van der Waals surface area contributed by atoms with Crippen LogP contribution < -0.4 is 0 Å². The third-order valence-corrected chi connectivity index (χ3v) is 6.82. The zero-order valence-corrected chi connectivity index (χ0v) is 27.9. The van der Waals surface area contributed by atoms with Gasteiger partial charge in [-0.1, -0.05) is 137 Å². The monoisotopic (exact) mass is 606 g/mol. The molecule has 4 nitrogen and oxygen atoms in total. The van der Waals surface area contributed by atoms with Gasteiger partial charge in [-0.2, -0.15) is 0 Å². The zero-order chi connectivity index (χ0) is 32.2. The van der Waals surface area contributed by atoms with Crippen LogP contribution in [0.4, 0.5) is 0 Å². The molecule has 0 radical (unpaired) electrons. The Labute approximate surface area is 270 Å². The minimum Gasteiger partial charge on any atom is -0.481 e. The van der Waals surface area contributed by atoms with Gasteiger partial charge in [0.15, 0.2) is 0 Å². The molecule has 44 heavy (non-hydrogen) atoms. The Morgan fingerprint density at radius 3 is 1.68 bits per heavy atom. The lowest BCUT2D eigenvalue weighted by Crippen LogP contribution is -2.15. The van der Waals surface area contributed by atoms with Crippen LogP contribution in [0.15, 0.2) is 97.2 Å². The van der Waals surface area contributed by atoms with Gasteiger partial charge in [0.2, 0.25) is 0 Å². The lowest BCUT2D eigenvalue weighted by atomic mass is 10.1. The Hall–Kier alpha value is -3.14. The molecule has 0 spiro atoms. The van der Waals surface area contributed by atoms with E-state index in [4.69, 9.17) is 9.84 Å². The topological polar surface area (TPSA) is 63.6 Å². The third-order valence-electron chi connectivity index (χ3n) is 6.82. The first-order valence-electron chi connectivity index (χ1n) is 17.2. The minimum absolute atomic E-state index is 0.137. The van der Waals surface area contributed by atoms with E-state index >= 15 is 0 Å². The highest BCUT2D eigenvalue weighted by Gasteiger charge is 2.10. The lowest BCUT2D eigenvalue weighted by Gasteiger charge is -2.14. The van der Waals surface area contributed by atoms with Crippen molar-refractivity contribution in [3.63, 3.8) is 0 Å². The van der Waals surface area contributed by atoms with Crippen LogP contribution in [-0.2, 0) is 14.3 Å². The fourth-order valence-electron chi connectivity index (χ4n) is 4.29. The normalized spacial score (nSPS) is 13.5. The fourth-order valence-corrected chi connectivity index (χ4v) is 4.29. The van der Waals surface area contributed by atoms with Gasteiger partial charge in [0.05, 0.1) is 0 Å². The van der Waals surface area contributed by atoms with E-state index in [1.165, 1.54) is 0 Å². The summed E-state index contributed by atoms with van der Waals surface area (Å²) in [4.78, 5) is 22.9. The van der Waals surface area contributed by atoms with Crippen LogP contribution in [-0.4, -0.2) is 23.1 Å². The van der Waals surface area contributed by atoms with Crippen molar-refractivity contribution in [2.24, 2.45) is 0 Å². The van der Waals surface area contributed by atoms with Crippen molar-refractivity contribution in [1.82, 2.24) is 0 Å². The van der Waals surface area contributed by atoms with Crippen LogP contribution in [0, 0.1) is 0 Å². The number of unbranched alkanes of at least 4 members (excludes halogenated alkanes) is 7. The van der Waals surface area contributed by atoms with Gasteiger partial charge in [-0.15, -0.1) is 0 Å². The summed E-state index contributed by atoms with van der Waals surface area (Å²) in [5, 5.41) is 8.67. The summed E-state index contributed by atoms with van der Waals surface area (Å²) in [7, 11) is 0. The summed E-state index contributed by atoms with van der Waals surface area (Å²) in [6.07, 6.45) is 51.8. The zero-order valence-electron chi connectivity index (χ0n) is 27.9. The smallest absolute Gasteiger partial charge is 0.306 e. The second kappa shape index (κ2) is 34.4. The minimum atomic E-state index is -0.705. The molecule has 0 amide bonds. The number of hydrogen-bond donors (Lipinski definition) is 1. The fraction of sp³-hybridized carbons (Fsp3) is 0.550. The van der Waals surface area contributed by atoms with Gasteiger partial charge in [-0.05, 0) is 83.1 Å². The SMILES string of the molecule is CC/C=C\C/C=C\C/C=C\C/C=C\C/C=C\C/C=C\CCC(=O)OC(/C=C/C=C\CCCCCCCC(=O)O)CCCCC. The first kappa shape index (κ1) is 40.9. The molecule has 1 unspecified atom stereocenters. The number of carboxylic acid groups (broad SMARTS) is 1. The third kappa shape index (κ3) is 33.4. The van der Waals surface area contributed by atoms with Crippen LogP contribution in [0.2, 0.25) is 0 Å². The number of carbonyl (C=O) groups is 2. The number of hydrogen-bond acceptors (Lipinski definition) is 3. The average molecular weight is 607 g/mol. The second-order valence-electron chi connectivity index (χ2n) is 11.0. The summed E-state index contributed by atoms with van der Waals surface area (Å²) in [6.45, 7) is 4.33. The molecule has 0 saturated heterocycles. The van der Waals surface area contributed by atoms with E-state index in [0.29, 0.717) is 12.8 Å². The van der Waals surface area contributed by atoms with Crippen LogP contribution >= 0.6 is 0 Å². The van der Waals surface area contributed by atoms with Gasteiger partial charge in [0.1, 0.15) is 6.10 Å². The summed E-state index contributed by atoms with van der Waals surface area (Å²) in [6, 6.07) is 0. The maximum absolute atomic E-state index is 12.4. The number of ether oxygens (including phenoxy) is 1. The van der Waals surface area contributed by atoms with Crippen LogP contribution in [0.5, 0.6) is 0 Å². The number of aliphatic carboxylic acids is 1. The first-order valence-corrected chi connectivity index (χ1v) is 17.2. The Kier molecular flexibility index (Phi) is 31.9. The van der Waals surface area contributed by atoms with Crippen molar-refractivity contribution in [3.8, 4) is 0 Å². The molecule has 4 heteroatoms. The van der Waals surface area contributed by atoms with Gasteiger partial charge < -0.3 is 9.84 Å². The number of allylic oxidation sites excluding steroid dienone is 15. The van der Waals surface area contributed by atoms with Crippen molar-refractivity contribution in [2.75, 3.05) is 0 Å². The molecule has 0 rings (SSSR count). The van der Waals surface area contributed by atoms with E-state index in [1.54, 1.807) is 0 Å².